The zero-order valence-corrected chi connectivity index (χ0v) is 23.4. The lowest BCUT2D eigenvalue weighted by molar-refractivity contribution is -0.276. The summed E-state index contributed by atoms with van der Waals surface area (Å²) in [5, 5.41) is 9.52. The number of anilines is 1. The number of imide groups is 1. The number of rotatable bonds is 8. The maximum absolute atomic E-state index is 13.0. The van der Waals surface area contributed by atoms with Crippen molar-refractivity contribution in [3.05, 3.63) is 101 Å². The van der Waals surface area contributed by atoms with Crippen LogP contribution in [0.4, 0.5) is 5.69 Å². The Morgan fingerprint density at radius 3 is 2.20 bits per heavy atom. The molecular formula is C33H36N2O6. The smallest absolute Gasteiger partial charge is 0.266 e. The van der Waals surface area contributed by atoms with E-state index in [9.17, 15) is 14.7 Å². The van der Waals surface area contributed by atoms with E-state index in [2.05, 4.69) is 11.8 Å². The third-order valence-corrected chi connectivity index (χ3v) is 8.61. The Morgan fingerprint density at radius 2 is 1.56 bits per heavy atom. The van der Waals surface area contributed by atoms with Crippen LogP contribution in [0, 0.1) is 5.92 Å². The first-order valence-corrected chi connectivity index (χ1v) is 14.3. The second kappa shape index (κ2) is 11.8. The third-order valence-electron chi connectivity index (χ3n) is 8.61. The van der Waals surface area contributed by atoms with Crippen LogP contribution in [-0.4, -0.2) is 60.8 Å². The van der Waals surface area contributed by atoms with Gasteiger partial charge in [-0.2, -0.15) is 0 Å². The number of ether oxygens (including phenoxy) is 3. The number of carbonyl (C=O) groups is 2. The molecule has 3 heterocycles. The summed E-state index contributed by atoms with van der Waals surface area (Å²) >= 11 is 0. The van der Waals surface area contributed by atoms with Crippen molar-refractivity contribution >= 4 is 17.5 Å². The predicted octanol–water partition coefficient (Wildman–Crippen LogP) is 4.88. The molecule has 0 unspecified atom stereocenters. The zero-order chi connectivity index (χ0) is 28.5. The first kappa shape index (κ1) is 27.8. The molecule has 8 nitrogen and oxygen atoms in total. The molecule has 6 rings (SSSR count). The predicted molar refractivity (Wildman–Crippen MR) is 153 cm³/mol. The number of likely N-dealkylation sites (tertiary alicyclic amines) is 1. The maximum atomic E-state index is 13.0. The van der Waals surface area contributed by atoms with Gasteiger partial charge in [-0.05, 0) is 54.8 Å². The minimum absolute atomic E-state index is 0.00891. The summed E-state index contributed by atoms with van der Waals surface area (Å²) in [4.78, 5) is 29.6. The topological polar surface area (TPSA) is 88.5 Å². The molecule has 8 heteroatoms. The molecule has 0 saturated carbocycles. The summed E-state index contributed by atoms with van der Waals surface area (Å²) in [6.45, 7) is 4.64. The number of carbonyl (C=O) groups excluding carboxylic acids is 2. The minimum Gasteiger partial charge on any atom is -0.392 e. The van der Waals surface area contributed by atoms with Crippen LogP contribution >= 0.6 is 0 Å². The Balaban J connectivity index is 1.26. The van der Waals surface area contributed by atoms with Gasteiger partial charge in [-0.25, -0.2) is 4.90 Å². The van der Waals surface area contributed by atoms with E-state index < -0.39 is 6.29 Å². The normalized spacial score (nSPS) is 26.5. The first-order valence-electron chi connectivity index (χ1n) is 14.3. The number of hydrogen-bond acceptors (Lipinski definition) is 7. The average molecular weight is 557 g/mol. The fraction of sp³-hybridized carbons (Fsp3) is 0.394. The van der Waals surface area contributed by atoms with Gasteiger partial charge in [0.2, 0.25) is 0 Å². The number of aliphatic hydroxyl groups excluding tert-OH is 1. The van der Waals surface area contributed by atoms with Gasteiger partial charge in [0.05, 0.1) is 42.2 Å². The lowest BCUT2D eigenvalue weighted by atomic mass is 9.90. The first-order chi connectivity index (χ1) is 20.0. The molecular weight excluding hydrogens is 520 g/mol. The lowest BCUT2D eigenvalue weighted by Crippen LogP contribution is -2.46. The van der Waals surface area contributed by atoms with Gasteiger partial charge in [0.15, 0.2) is 6.29 Å². The summed E-state index contributed by atoms with van der Waals surface area (Å²) in [7, 11) is 1.75. The summed E-state index contributed by atoms with van der Waals surface area (Å²) in [6, 6.07) is 22.4. The van der Waals surface area contributed by atoms with Gasteiger partial charge in [-0.15, -0.1) is 0 Å². The number of benzene rings is 3. The maximum Gasteiger partial charge on any atom is 0.266 e. The number of aliphatic hydroxyl groups is 1. The molecule has 1 N–H and O–H groups in total. The van der Waals surface area contributed by atoms with E-state index in [1.807, 2.05) is 36.4 Å². The molecule has 5 atom stereocenters. The third kappa shape index (κ3) is 5.34. The molecule has 2 saturated heterocycles. The summed E-state index contributed by atoms with van der Waals surface area (Å²) in [5.74, 6) is -0.562. The average Bonchev–Trinajstić information content (AvgIpc) is 3.55. The lowest BCUT2D eigenvalue weighted by Gasteiger charge is -2.43. The Kier molecular flexibility index (Phi) is 8.01. The van der Waals surface area contributed by atoms with Gasteiger partial charge < -0.3 is 19.3 Å². The minimum atomic E-state index is -0.626. The molecule has 0 radical (unpaired) electrons. The molecule has 0 spiro atoms. The summed E-state index contributed by atoms with van der Waals surface area (Å²) < 4.78 is 18.7. The largest absolute Gasteiger partial charge is 0.392 e. The number of amides is 2. The summed E-state index contributed by atoms with van der Waals surface area (Å²) in [6.07, 6.45) is 1.31. The number of methoxy groups -OCH3 is 1. The van der Waals surface area contributed by atoms with Crippen LogP contribution < -0.4 is 4.90 Å². The van der Waals surface area contributed by atoms with E-state index >= 15 is 0 Å². The van der Waals surface area contributed by atoms with Crippen molar-refractivity contribution in [2.24, 2.45) is 5.92 Å². The van der Waals surface area contributed by atoms with Gasteiger partial charge >= 0.3 is 0 Å². The Labute approximate surface area is 240 Å². The van der Waals surface area contributed by atoms with Crippen LogP contribution in [-0.2, 0) is 20.8 Å². The van der Waals surface area contributed by atoms with Crippen molar-refractivity contribution in [2.75, 3.05) is 31.7 Å². The van der Waals surface area contributed by atoms with Gasteiger partial charge in [0.25, 0.3) is 11.8 Å². The molecule has 41 heavy (non-hydrogen) atoms. The Morgan fingerprint density at radius 1 is 0.902 bits per heavy atom. The molecule has 2 amide bonds. The van der Waals surface area contributed by atoms with Crippen LogP contribution in [0.1, 0.15) is 69.6 Å². The highest BCUT2D eigenvalue weighted by atomic mass is 16.7. The second-order valence-corrected chi connectivity index (χ2v) is 11.2. The fourth-order valence-corrected chi connectivity index (χ4v) is 6.28. The quantitative estimate of drug-likeness (QED) is 0.396. The highest BCUT2D eigenvalue weighted by Crippen LogP contribution is 2.42. The Bertz CT molecular complexity index is 1360. The second-order valence-electron chi connectivity index (χ2n) is 11.2. The molecule has 2 fully saturated rings. The molecule has 3 aliphatic rings. The number of hydrogen-bond donors (Lipinski definition) is 1. The molecule has 214 valence electrons. The molecule has 0 bridgehead atoms. The highest BCUT2D eigenvalue weighted by Gasteiger charge is 2.41. The van der Waals surface area contributed by atoms with Crippen molar-refractivity contribution in [1.29, 1.82) is 0 Å². The van der Waals surface area contributed by atoms with E-state index in [1.165, 1.54) is 4.90 Å². The summed E-state index contributed by atoms with van der Waals surface area (Å²) in [5.41, 5.74) is 4.04. The highest BCUT2D eigenvalue weighted by molar-refractivity contribution is 6.34. The van der Waals surface area contributed by atoms with Gasteiger partial charge in [0.1, 0.15) is 0 Å². The van der Waals surface area contributed by atoms with Gasteiger partial charge in [0, 0.05) is 31.2 Å². The fourth-order valence-electron chi connectivity index (χ4n) is 6.28. The van der Waals surface area contributed by atoms with E-state index in [0.717, 1.165) is 42.6 Å². The SMILES string of the molecule is COC[C@@H]1CCCN1C[C@H]1O[C@@H](c2ccc(N3C(=O)c4ccccc4C3=O)cc2)O[C@@H](c2ccc(CO)cc2)[C@H]1C. The van der Waals surface area contributed by atoms with Gasteiger partial charge in [-0.3, -0.25) is 14.5 Å². The van der Waals surface area contributed by atoms with Crippen LogP contribution in [0.25, 0.3) is 0 Å². The molecule has 0 aromatic heterocycles. The number of fused-ring (bicyclic) bond motifs is 1. The van der Waals surface area contributed by atoms with Crippen molar-refractivity contribution < 1.29 is 28.9 Å². The number of nitrogens with zero attached hydrogens (tertiary/aromatic N) is 2. The molecule has 3 aromatic carbocycles. The molecule has 3 aromatic rings. The van der Waals surface area contributed by atoms with Crippen LogP contribution in [0.15, 0.2) is 72.8 Å². The van der Waals surface area contributed by atoms with Gasteiger partial charge in [-0.1, -0.05) is 55.5 Å². The van der Waals surface area contributed by atoms with Crippen LogP contribution in [0.3, 0.4) is 0 Å². The Hall–Kier alpha value is -3.40. The standard InChI is InChI=1S/C33H36N2O6/c1-21-29(18-34-17-5-6-26(34)20-39-2)40-33(41-30(21)23-11-9-22(19-36)10-12-23)24-13-15-25(16-14-24)35-31(37)27-7-3-4-8-28(27)32(35)38/h3-4,7-16,21,26,29-30,33,36H,5-6,17-20H2,1-2H3/t21-,26-,29+,30+,33+/m0/s1. The zero-order valence-electron chi connectivity index (χ0n) is 23.4. The van der Waals surface area contributed by atoms with E-state index in [1.54, 1.807) is 43.5 Å². The van der Waals surface area contributed by atoms with E-state index in [4.69, 9.17) is 14.2 Å². The molecule has 0 aliphatic carbocycles. The van der Waals surface area contributed by atoms with Crippen LogP contribution in [0.5, 0.6) is 0 Å². The van der Waals surface area contributed by atoms with E-state index in [-0.39, 0.29) is 36.5 Å². The van der Waals surface area contributed by atoms with Crippen molar-refractivity contribution in [2.45, 2.75) is 50.9 Å². The van der Waals surface area contributed by atoms with Crippen molar-refractivity contribution in [3.63, 3.8) is 0 Å². The van der Waals surface area contributed by atoms with Crippen LogP contribution in [0.2, 0.25) is 0 Å². The molecule has 3 aliphatic heterocycles. The van der Waals surface area contributed by atoms with Crippen molar-refractivity contribution in [1.82, 2.24) is 4.90 Å². The van der Waals surface area contributed by atoms with Crippen molar-refractivity contribution in [3.8, 4) is 0 Å². The monoisotopic (exact) mass is 556 g/mol. The van der Waals surface area contributed by atoms with E-state index in [0.29, 0.717) is 29.5 Å².